The first-order chi connectivity index (χ1) is 10.2. The predicted octanol–water partition coefficient (Wildman–Crippen LogP) is 5.05. The summed E-state index contributed by atoms with van der Waals surface area (Å²) in [7, 11) is -1.30. The van der Waals surface area contributed by atoms with Crippen LogP contribution in [-0.2, 0) is 17.2 Å². The highest BCUT2D eigenvalue weighted by molar-refractivity contribution is 7.91. The second-order valence-corrected chi connectivity index (χ2v) is 7.36. The quantitative estimate of drug-likeness (QED) is 0.758. The zero-order chi connectivity index (χ0) is 14.8. The molecular formula is C18H17ClOS. The van der Waals surface area contributed by atoms with E-state index in [9.17, 15) is 4.21 Å². The van der Waals surface area contributed by atoms with Gasteiger partial charge in [0.1, 0.15) is 4.36 Å². The van der Waals surface area contributed by atoms with E-state index in [1.807, 2.05) is 43.3 Å². The van der Waals surface area contributed by atoms with E-state index in [-0.39, 0.29) is 0 Å². The van der Waals surface area contributed by atoms with Crippen LogP contribution in [0.1, 0.15) is 29.5 Å². The van der Waals surface area contributed by atoms with Gasteiger partial charge in [0.2, 0.25) is 0 Å². The van der Waals surface area contributed by atoms with Crippen molar-refractivity contribution in [2.24, 2.45) is 0 Å². The zero-order valence-electron chi connectivity index (χ0n) is 11.9. The van der Waals surface area contributed by atoms with Crippen LogP contribution in [0.15, 0.2) is 57.8 Å². The first-order valence-electron chi connectivity index (χ1n) is 7.12. The highest BCUT2D eigenvalue weighted by Crippen LogP contribution is 2.36. The monoisotopic (exact) mass is 316 g/mol. The average Bonchev–Trinajstić information content (AvgIpc) is 2.53. The van der Waals surface area contributed by atoms with E-state index in [2.05, 4.69) is 12.1 Å². The Balaban J connectivity index is 2.03. The van der Waals surface area contributed by atoms with Crippen molar-refractivity contribution in [1.82, 2.24) is 0 Å². The molecule has 1 unspecified atom stereocenters. The van der Waals surface area contributed by atoms with Crippen LogP contribution >= 0.6 is 11.6 Å². The molecule has 2 aromatic rings. The average molecular weight is 317 g/mol. The van der Waals surface area contributed by atoms with Crippen molar-refractivity contribution < 1.29 is 4.21 Å². The van der Waals surface area contributed by atoms with Crippen molar-refractivity contribution in [1.29, 1.82) is 0 Å². The van der Waals surface area contributed by atoms with Crippen molar-refractivity contribution in [2.75, 3.05) is 0 Å². The number of rotatable bonds is 2. The third-order valence-corrected chi connectivity index (χ3v) is 5.77. The van der Waals surface area contributed by atoms with Crippen molar-refractivity contribution in [3.63, 3.8) is 0 Å². The minimum atomic E-state index is -1.30. The molecule has 2 aromatic carbocycles. The number of hydrogen-bond donors (Lipinski definition) is 0. The number of fused-ring (bicyclic) bond motifs is 1. The van der Waals surface area contributed by atoms with E-state index in [1.165, 1.54) is 5.56 Å². The third-order valence-electron chi connectivity index (χ3n) is 3.85. The lowest BCUT2D eigenvalue weighted by Crippen LogP contribution is -2.04. The summed E-state index contributed by atoms with van der Waals surface area (Å²) in [4.78, 5) is 0.765. The summed E-state index contributed by atoms with van der Waals surface area (Å²) in [6.45, 7) is 2.02. The fourth-order valence-electron chi connectivity index (χ4n) is 2.70. The summed E-state index contributed by atoms with van der Waals surface area (Å²) in [6, 6.07) is 16.0. The maximum absolute atomic E-state index is 12.7. The summed E-state index contributed by atoms with van der Waals surface area (Å²) in [5.74, 6) is 0. The Labute approximate surface area is 133 Å². The minimum Gasteiger partial charge on any atom is -0.248 e. The summed E-state index contributed by atoms with van der Waals surface area (Å²) in [5, 5.41) is 0. The fourth-order valence-corrected chi connectivity index (χ4v) is 4.19. The molecule has 0 amide bonds. The molecule has 0 saturated heterocycles. The van der Waals surface area contributed by atoms with E-state index in [4.69, 9.17) is 11.6 Å². The third kappa shape index (κ3) is 2.97. The number of allylic oxidation sites excluding steroid dienone is 1. The van der Waals surface area contributed by atoms with Crippen LogP contribution in [0.3, 0.4) is 0 Å². The van der Waals surface area contributed by atoms with E-state index in [0.29, 0.717) is 4.36 Å². The summed E-state index contributed by atoms with van der Waals surface area (Å²) >= 11 is 6.49. The summed E-state index contributed by atoms with van der Waals surface area (Å²) < 4.78 is 13.2. The fraction of sp³-hybridized carbons (Fsp3) is 0.222. The molecule has 108 valence electrons. The van der Waals surface area contributed by atoms with Gasteiger partial charge in [-0.15, -0.1) is 0 Å². The second kappa shape index (κ2) is 6.17. The zero-order valence-corrected chi connectivity index (χ0v) is 13.5. The molecule has 0 radical (unpaired) electrons. The van der Waals surface area contributed by atoms with Gasteiger partial charge in [0.05, 0.1) is 10.8 Å². The van der Waals surface area contributed by atoms with Gasteiger partial charge in [-0.3, -0.25) is 0 Å². The van der Waals surface area contributed by atoms with Crippen LogP contribution in [0.4, 0.5) is 0 Å². The lowest BCUT2D eigenvalue weighted by molar-refractivity contribution is 0.687. The van der Waals surface area contributed by atoms with Crippen LogP contribution in [0, 0.1) is 6.92 Å². The molecule has 0 heterocycles. The van der Waals surface area contributed by atoms with Crippen LogP contribution < -0.4 is 0 Å². The molecule has 0 saturated carbocycles. The highest BCUT2D eigenvalue weighted by atomic mass is 35.5. The Morgan fingerprint density at radius 3 is 2.52 bits per heavy atom. The van der Waals surface area contributed by atoms with Gasteiger partial charge in [-0.05, 0) is 55.0 Å². The van der Waals surface area contributed by atoms with Gasteiger partial charge in [0.15, 0.2) is 0 Å². The first kappa shape index (κ1) is 14.6. The molecular weight excluding hydrogens is 300 g/mol. The first-order valence-corrected chi connectivity index (χ1v) is 8.65. The van der Waals surface area contributed by atoms with Crippen molar-refractivity contribution in [2.45, 2.75) is 31.1 Å². The molecule has 1 aliphatic rings. The van der Waals surface area contributed by atoms with E-state index in [1.54, 1.807) is 0 Å². The van der Waals surface area contributed by atoms with Crippen molar-refractivity contribution in [3.05, 3.63) is 69.6 Å². The van der Waals surface area contributed by atoms with Crippen LogP contribution in [0.25, 0.3) is 5.57 Å². The Morgan fingerprint density at radius 2 is 1.76 bits per heavy atom. The molecule has 0 aliphatic heterocycles. The molecule has 21 heavy (non-hydrogen) atoms. The van der Waals surface area contributed by atoms with E-state index in [0.717, 1.165) is 40.9 Å². The topological polar surface area (TPSA) is 17.1 Å². The van der Waals surface area contributed by atoms with Gasteiger partial charge in [0.25, 0.3) is 0 Å². The molecule has 0 N–H and O–H groups in total. The van der Waals surface area contributed by atoms with Gasteiger partial charge >= 0.3 is 0 Å². The summed E-state index contributed by atoms with van der Waals surface area (Å²) in [5.41, 5.74) is 4.66. The normalized spacial score (nSPS) is 18.0. The smallest absolute Gasteiger partial charge is 0.113 e. The molecule has 3 heteroatoms. The molecule has 1 nitrogen and oxygen atoms in total. The molecule has 0 aromatic heterocycles. The van der Waals surface area contributed by atoms with Crippen LogP contribution in [0.5, 0.6) is 0 Å². The minimum absolute atomic E-state index is 0.478. The van der Waals surface area contributed by atoms with Gasteiger partial charge in [-0.1, -0.05) is 53.6 Å². The molecule has 0 fully saturated rings. The van der Waals surface area contributed by atoms with Gasteiger partial charge in [0, 0.05) is 4.90 Å². The molecule has 1 aliphatic carbocycles. The number of hydrogen-bond acceptors (Lipinski definition) is 1. The van der Waals surface area contributed by atoms with Crippen molar-refractivity contribution in [3.8, 4) is 0 Å². The summed E-state index contributed by atoms with van der Waals surface area (Å²) in [6.07, 6.45) is 3.03. The van der Waals surface area contributed by atoms with Crippen LogP contribution in [0.2, 0.25) is 0 Å². The second-order valence-electron chi connectivity index (χ2n) is 5.34. The molecule has 0 spiro atoms. The number of aryl methyl sites for hydroxylation is 2. The Morgan fingerprint density at radius 1 is 1.05 bits per heavy atom. The maximum Gasteiger partial charge on any atom is 0.113 e. The van der Waals surface area contributed by atoms with Gasteiger partial charge in [-0.25, -0.2) is 4.21 Å². The van der Waals surface area contributed by atoms with Gasteiger partial charge in [-0.2, -0.15) is 0 Å². The Hall–Kier alpha value is -1.38. The Kier molecular flexibility index (Phi) is 4.27. The SMILES string of the molecule is Cc1ccc(S(=O)C(Cl)=C2CCCc3ccccc32)cc1. The largest absolute Gasteiger partial charge is 0.248 e. The van der Waals surface area contributed by atoms with Gasteiger partial charge < -0.3 is 0 Å². The maximum atomic E-state index is 12.7. The number of benzene rings is 2. The molecule has 3 rings (SSSR count). The standard InChI is InChI=1S/C18H17ClOS/c1-13-9-11-15(12-10-13)21(20)18(19)17-8-4-6-14-5-2-3-7-16(14)17/h2-3,5,7,9-12H,4,6,8H2,1H3. The lowest BCUT2D eigenvalue weighted by atomic mass is 9.88. The van der Waals surface area contributed by atoms with E-state index >= 15 is 0 Å². The van der Waals surface area contributed by atoms with E-state index < -0.39 is 10.8 Å². The van der Waals surface area contributed by atoms with Crippen molar-refractivity contribution >= 4 is 28.0 Å². The Bertz CT molecular complexity index is 716. The van der Waals surface area contributed by atoms with Crippen LogP contribution in [-0.4, -0.2) is 4.21 Å². The number of halogens is 1. The lowest BCUT2D eigenvalue weighted by Gasteiger charge is -2.20. The molecule has 1 atom stereocenters. The predicted molar refractivity (Wildman–Crippen MR) is 89.7 cm³/mol. The molecule has 0 bridgehead atoms. The highest BCUT2D eigenvalue weighted by Gasteiger charge is 2.20.